The van der Waals surface area contributed by atoms with Gasteiger partial charge in [-0.25, -0.2) is 0 Å². The first-order valence-electron chi connectivity index (χ1n) is 2.71. The number of phenolic OH excluding ortho intramolecular Hbond substituents is 1. The molecule has 1 rings (SSSR count). The maximum atomic E-state index is 8.77. The number of aliphatic hydroxyl groups is 1. The maximum absolute atomic E-state index is 8.77. The molecule has 0 fully saturated rings. The van der Waals surface area contributed by atoms with Crippen LogP contribution in [0, 0.1) is 0 Å². The van der Waals surface area contributed by atoms with Crippen molar-refractivity contribution in [1.29, 1.82) is 0 Å². The summed E-state index contributed by atoms with van der Waals surface area (Å²) in [5.74, 6) is 0.229. The fourth-order valence-electron chi connectivity index (χ4n) is 0.601. The van der Waals surface area contributed by atoms with Crippen LogP contribution in [0.2, 0.25) is 0 Å². The van der Waals surface area contributed by atoms with Crippen LogP contribution in [0.15, 0.2) is 24.3 Å². The second-order valence-electron chi connectivity index (χ2n) is 1.82. The van der Waals surface area contributed by atoms with E-state index in [0.717, 1.165) is 5.56 Å². The van der Waals surface area contributed by atoms with E-state index in [0.29, 0.717) is 0 Å². The van der Waals surface area contributed by atoms with Gasteiger partial charge in [-0.05, 0) is 17.7 Å². The van der Waals surface area contributed by atoms with Crippen molar-refractivity contribution < 1.29 is 10.2 Å². The van der Waals surface area contributed by atoms with Crippen molar-refractivity contribution in [3.63, 3.8) is 0 Å². The summed E-state index contributed by atoms with van der Waals surface area (Å²) in [7, 11) is 0. The van der Waals surface area contributed by atoms with E-state index < -0.39 is 0 Å². The molecule has 0 amide bonds. The van der Waals surface area contributed by atoms with Gasteiger partial charge in [-0.2, -0.15) is 0 Å². The monoisotopic (exact) mass is 132 g/mol. The van der Waals surface area contributed by atoms with E-state index in [9.17, 15) is 0 Å². The van der Waals surface area contributed by atoms with E-state index in [1.807, 2.05) is 0 Å². The van der Waals surface area contributed by atoms with Gasteiger partial charge in [0.1, 0.15) is 5.75 Å². The SMILES string of the molecule is OCc1ccc(O)cc1.[LiH]. The average Bonchev–Trinajstić information content (AvgIpc) is 1.90. The topological polar surface area (TPSA) is 40.5 Å². The first kappa shape index (κ1) is 9.58. The van der Waals surface area contributed by atoms with Crippen LogP contribution in [-0.2, 0) is 6.61 Å². The first-order chi connectivity index (χ1) is 4.33. The molecule has 10 heavy (non-hydrogen) atoms. The van der Waals surface area contributed by atoms with Gasteiger partial charge in [-0.1, -0.05) is 12.1 Å². The molecule has 0 aliphatic carbocycles. The Morgan fingerprint density at radius 2 is 1.60 bits per heavy atom. The van der Waals surface area contributed by atoms with Gasteiger partial charge in [0, 0.05) is 0 Å². The van der Waals surface area contributed by atoms with Crippen molar-refractivity contribution in [3.05, 3.63) is 29.8 Å². The van der Waals surface area contributed by atoms with Gasteiger partial charge in [0.05, 0.1) is 6.61 Å². The fourth-order valence-corrected chi connectivity index (χ4v) is 0.601. The van der Waals surface area contributed by atoms with Crippen LogP contribution in [0.25, 0.3) is 0 Å². The third-order valence-corrected chi connectivity index (χ3v) is 1.12. The second kappa shape index (κ2) is 4.40. The molecule has 50 valence electrons. The Balaban J connectivity index is 0.000000810. The molecule has 0 bridgehead atoms. The molecule has 1 aromatic rings. The standard InChI is InChI=1S/C7H8O2.Li.H/c8-5-6-1-3-7(9)4-2-6;;/h1-4,8-9H,5H2;;. The second-order valence-corrected chi connectivity index (χ2v) is 1.82. The molecule has 3 heteroatoms. The Morgan fingerprint density at radius 3 is 2.00 bits per heavy atom. The number of phenols is 1. The predicted molar refractivity (Wildman–Crippen MR) is 41.2 cm³/mol. The molecule has 0 saturated heterocycles. The molecular weight excluding hydrogens is 123 g/mol. The van der Waals surface area contributed by atoms with Gasteiger partial charge >= 0.3 is 18.9 Å². The van der Waals surface area contributed by atoms with Crippen LogP contribution in [0.5, 0.6) is 5.75 Å². The van der Waals surface area contributed by atoms with E-state index in [1.165, 1.54) is 0 Å². The average molecular weight is 132 g/mol. The molecule has 0 heterocycles. The Hall–Kier alpha value is -0.423. The molecule has 0 spiro atoms. The van der Waals surface area contributed by atoms with Crippen molar-refractivity contribution in [2.75, 3.05) is 0 Å². The van der Waals surface area contributed by atoms with Gasteiger partial charge in [-0.15, -0.1) is 0 Å². The Morgan fingerprint density at radius 1 is 1.10 bits per heavy atom. The van der Waals surface area contributed by atoms with Gasteiger partial charge in [0.15, 0.2) is 0 Å². The molecule has 1 aromatic carbocycles. The minimum absolute atomic E-state index is 0. The molecule has 0 atom stereocenters. The van der Waals surface area contributed by atoms with Gasteiger partial charge < -0.3 is 10.2 Å². The van der Waals surface area contributed by atoms with Crippen LogP contribution in [0.4, 0.5) is 0 Å². The Labute approximate surface area is 71.7 Å². The number of aliphatic hydroxyl groups excluding tert-OH is 1. The van der Waals surface area contributed by atoms with Crippen LogP contribution < -0.4 is 0 Å². The zero-order valence-corrected chi connectivity index (χ0v) is 4.91. The Kier molecular flexibility index (Phi) is 4.22. The zero-order chi connectivity index (χ0) is 6.69. The van der Waals surface area contributed by atoms with Crippen molar-refractivity contribution in [2.24, 2.45) is 0 Å². The summed E-state index contributed by atoms with van der Waals surface area (Å²) >= 11 is 0. The molecule has 2 nitrogen and oxygen atoms in total. The van der Waals surface area contributed by atoms with E-state index >= 15 is 0 Å². The molecule has 0 aliphatic heterocycles. The van der Waals surface area contributed by atoms with E-state index in [2.05, 4.69) is 0 Å². The van der Waals surface area contributed by atoms with Gasteiger partial charge in [0.25, 0.3) is 0 Å². The number of rotatable bonds is 1. The van der Waals surface area contributed by atoms with Crippen LogP contribution in [0.1, 0.15) is 5.56 Å². The van der Waals surface area contributed by atoms with Crippen molar-refractivity contribution in [1.82, 2.24) is 0 Å². The van der Waals surface area contributed by atoms with Crippen molar-refractivity contribution in [3.8, 4) is 5.75 Å². The summed E-state index contributed by atoms with van der Waals surface area (Å²) in [6.07, 6.45) is 0. The molecule has 0 aliphatic rings. The van der Waals surface area contributed by atoms with Crippen molar-refractivity contribution in [2.45, 2.75) is 6.61 Å². The number of benzene rings is 1. The summed E-state index contributed by atoms with van der Waals surface area (Å²) in [6, 6.07) is 6.45. The molecule has 2 N–H and O–H groups in total. The van der Waals surface area contributed by atoms with E-state index in [-0.39, 0.29) is 31.2 Å². The van der Waals surface area contributed by atoms with Gasteiger partial charge in [0.2, 0.25) is 0 Å². The minimum atomic E-state index is 0. The van der Waals surface area contributed by atoms with Crippen LogP contribution in [0.3, 0.4) is 0 Å². The van der Waals surface area contributed by atoms with Crippen LogP contribution >= 0.6 is 0 Å². The predicted octanol–water partition coefficient (Wildman–Crippen LogP) is 0.236. The third kappa shape index (κ3) is 2.45. The molecule has 0 unspecified atom stereocenters. The summed E-state index contributed by atoms with van der Waals surface area (Å²) in [5, 5.41) is 17.3. The third-order valence-electron chi connectivity index (χ3n) is 1.12. The summed E-state index contributed by atoms with van der Waals surface area (Å²) in [6.45, 7) is 0.0281. The Bertz CT molecular complexity index is 183. The quantitative estimate of drug-likeness (QED) is 0.537. The summed E-state index contributed by atoms with van der Waals surface area (Å²) < 4.78 is 0. The normalized spacial score (nSPS) is 8.50. The summed E-state index contributed by atoms with van der Waals surface area (Å²) in [5.41, 5.74) is 0.813. The number of hydrogen-bond acceptors (Lipinski definition) is 2. The van der Waals surface area contributed by atoms with Crippen molar-refractivity contribution >= 4 is 18.9 Å². The molecule has 0 saturated carbocycles. The molecule has 0 radical (unpaired) electrons. The fraction of sp³-hybridized carbons (Fsp3) is 0.143. The van der Waals surface area contributed by atoms with E-state index in [1.54, 1.807) is 24.3 Å². The number of hydrogen-bond donors (Lipinski definition) is 2. The van der Waals surface area contributed by atoms with Crippen LogP contribution in [-0.4, -0.2) is 29.1 Å². The number of aromatic hydroxyl groups is 1. The van der Waals surface area contributed by atoms with Gasteiger partial charge in [-0.3, -0.25) is 0 Å². The molecular formula is C7H9LiO2. The zero-order valence-electron chi connectivity index (χ0n) is 4.91. The molecule has 0 aromatic heterocycles. The summed E-state index contributed by atoms with van der Waals surface area (Å²) in [4.78, 5) is 0. The first-order valence-corrected chi connectivity index (χ1v) is 2.71. The van der Waals surface area contributed by atoms with E-state index in [4.69, 9.17) is 10.2 Å².